The Balaban J connectivity index is 0.000000202. The van der Waals surface area contributed by atoms with Gasteiger partial charge in [-0.15, -0.1) is 0 Å². The molecule has 1 aromatic heterocycles. The second-order valence-corrected chi connectivity index (χ2v) is 1.50. The average molecular weight is 170 g/mol. The van der Waals surface area contributed by atoms with Crippen LogP contribution in [0.25, 0.3) is 0 Å². The second-order valence-electron chi connectivity index (χ2n) is 1.50. The van der Waals surface area contributed by atoms with E-state index in [9.17, 15) is 0 Å². The van der Waals surface area contributed by atoms with Crippen molar-refractivity contribution in [1.29, 1.82) is 0 Å². The van der Waals surface area contributed by atoms with E-state index in [0.29, 0.717) is 0 Å². The molecule has 0 aromatic carbocycles. The van der Waals surface area contributed by atoms with E-state index in [1.807, 2.05) is 0 Å². The van der Waals surface area contributed by atoms with Crippen molar-refractivity contribution in [3.05, 3.63) is 24.8 Å². The molecule has 0 saturated carbocycles. The summed E-state index contributed by atoms with van der Waals surface area (Å²) >= 11 is 0. The van der Waals surface area contributed by atoms with E-state index in [1.165, 1.54) is 0 Å². The van der Waals surface area contributed by atoms with Gasteiger partial charge in [-0.1, -0.05) is 0 Å². The molecule has 0 aliphatic rings. The Morgan fingerprint density at radius 1 is 0.833 bits per heavy atom. The molecule has 1 rings (SSSR count). The van der Waals surface area contributed by atoms with Crippen molar-refractivity contribution in [2.45, 2.75) is 0 Å². The summed E-state index contributed by atoms with van der Waals surface area (Å²) in [4.78, 5) is 25.6. The normalized spacial score (nSPS) is 7.67. The molecular formula is C6H6N2O4. The van der Waals surface area contributed by atoms with E-state index in [1.54, 1.807) is 24.8 Å². The van der Waals surface area contributed by atoms with Gasteiger partial charge in [0.25, 0.3) is 0 Å². The largest absolute Gasteiger partial charge is 0.473 e. The zero-order valence-corrected chi connectivity index (χ0v) is 5.91. The van der Waals surface area contributed by atoms with Gasteiger partial charge in [0.2, 0.25) is 0 Å². The maximum atomic E-state index is 9.10. The minimum absolute atomic E-state index is 1.64. The smallest absolute Gasteiger partial charge is 0.414 e. The van der Waals surface area contributed by atoms with Gasteiger partial charge in [0.1, 0.15) is 0 Å². The summed E-state index contributed by atoms with van der Waals surface area (Å²) in [5.41, 5.74) is 0. The van der Waals surface area contributed by atoms with Gasteiger partial charge in [0, 0.05) is 24.8 Å². The first kappa shape index (κ1) is 10.0. The average Bonchev–Trinajstić information content (AvgIpc) is 2.08. The van der Waals surface area contributed by atoms with Crippen LogP contribution in [0, 0.1) is 0 Å². The van der Waals surface area contributed by atoms with E-state index < -0.39 is 11.9 Å². The minimum Gasteiger partial charge on any atom is -0.473 e. The first-order valence-corrected chi connectivity index (χ1v) is 2.80. The second kappa shape index (κ2) is 5.78. The van der Waals surface area contributed by atoms with Crippen LogP contribution in [0.3, 0.4) is 0 Å². The maximum absolute atomic E-state index is 9.10. The van der Waals surface area contributed by atoms with Crippen LogP contribution in [-0.2, 0) is 9.59 Å². The number of carbonyl (C=O) groups is 2. The number of aromatic nitrogens is 2. The quantitative estimate of drug-likeness (QED) is 0.515. The van der Waals surface area contributed by atoms with Crippen molar-refractivity contribution >= 4 is 11.9 Å². The summed E-state index contributed by atoms with van der Waals surface area (Å²) in [7, 11) is 0. The van der Waals surface area contributed by atoms with E-state index in [0.717, 1.165) is 0 Å². The van der Waals surface area contributed by atoms with Crippen molar-refractivity contribution in [3.8, 4) is 0 Å². The van der Waals surface area contributed by atoms with Gasteiger partial charge in [-0.25, -0.2) is 9.59 Å². The fourth-order valence-corrected chi connectivity index (χ4v) is 0.253. The van der Waals surface area contributed by atoms with E-state index in [2.05, 4.69) is 9.97 Å². The molecule has 6 nitrogen and oxygen atoms in total. The molecule has 2 N–H and O–H groups in total. The van der Waals surface area contributed by atoms with Gasteiger partial charge < -0.3 is 10.2 Å². The lowest BCUT2D eigenvalue weighted by Crippen LogP contribution is -2.09. The Morgan fingerprint density at radius 3 is 1.17 bits per heavy atom. The van der Waals surface area contributed by atoms with Crippen molar-refractivity contribution in [3.63, 3.8) is 0 Å². The van der Waals surface area contributed by atoms with Crippen LogP contribution in [0.1, 0.15) is 0 Å². The number of aliphatic carboxylic acids is 2. The van der Waals surface area contributed by atoms with Gasteiger partial charge in [0.15, 0.2) is 0 Å². The topological polar surface area (TPSA) is 100 Å². The van der Waals surface area contributed by atoms with Crippen LogP contribution in [0.2, 0.25) is 0 Å². The summed E-state index contributed by atoms with van der Waals surface area (Å²) in [6.45, 7) is 0. The summed E-state index contributed by atoms with van der Waals surface area (Å²) in [5, 5.41) is 14.8. The third-order valence-corrected chi connectivity index (χ3v) is 0.661. The molecule has 0 aliphatic carbocycles. The molecule has 12 heavy (non-hydrogen) atoms. The third kappa shape index (κ3) is 6.14. The monoisotopic (exact) mass is 170 g/mol. The standard InChI is InChI=1S/C4H4N2.C2H2O4/c1-2-6-4-3-5-1;3-1(4)2(5)6/h1-4H;(H,3,4)(H,5,6). The van der Waals surface area contributed by atoms with Gasteiger partial charge in [-0.3, -0.25) is 9.97 Å². The van der Waals surface area contributed by atoms with Crippen LogP contribution in [-0.4, -0.2) is 32.1 Å². The predicted octanol–water partition coefficient (Wildman–Crippen LogP) is -0.368. The van der Waals surface area contributed by atoms with Gasteiger partial charge >= 0.3 is 11.9 Å². The highest BCUT2D eigenvalue weighted by atomic mass is 16.4. The van der Waals surface area contributed by atoms with Crippen LogP contribution < -0.4 is 0 Å². The number of carboxylic acids is 2. The van der Waals surface area contributed by atoms with Crippen molar-refractivity contribution in [1.82, 2.24) is 9.97 Å². The van der Waals surface area contributed by atoms with E-state index in [-0.39, 0.29) is 0 Å². The zero-order chi connectivity index (χ0) is 9.40. The minimum atomic E-state index is -1.82. The molecule has 6 heteroatoms. The summed E-state index contributed by atoms with van der Waals surface area (Å²) in [6.07, 6.45) is 6.56. The van der Waals surface area contributed by atoms with E-state index in [4.69, 9.17) is 19.8 Å². The molecule has 1 heterocycles. The number of carboxylic acid groups (broad SMARTS) is 2. The molecule has 0 amide bonds. The Hall–Kier alpha value is -1.98. The molecule has 64 valence electrons. The molecule has 0 radical (unpaired) electrons. The number of hydrogen-bond donors (Lipinski definition) is 2. The first-order valence-electron chi connectivity index (χ1n) is 2.80. The van der Waals surface area contributed by atoms with Crippen molar-refractivity contribution in [2.75, 3.05) is 0 Å². The Labute approximate surface area is 67.5 Å². The fraction of sp³-hybridized carbons (Fsp3) is 0. The lowest BCUT2D eigenvalue weighted by Gasteiger charge is -1.72. The highest BCUT2D eigenvalue weighted by Gasteiger charge is 2.04. The summed E-state index contributed by atoms with van der Waals surface area (Å²) in [6, 6.07) is 0. The zero-order valence-electron chi connectivity index (χ0n) is 5.91. The van der Waals surface area contributed by atoms with Crippen LogP contribution in [0.15, 0.2) is 24.8 Å². The Kier molecular flexibility index (Phi) is 4.83. The van der Waals surface area contributed by atoms with Crippen molar-refractivity contribution < 1.29 is 19.8 Å². The van der Waals surface area contributed by atoms with Crippen molar-refractivity contribution in [2.24, 2.45) is 0 Å². The molecule has 0 spiro atoms. The molecule has 0 fully saturated rings. The number of hydrogen-bond acceptors (Lipinski definition) is 4. The number of nitrogens with zero attached hydrogens (tertiary/aromatic N) is 2. The fourth-order valence-electron chi connectivity index (χ4n) is 0.253. The predicted molar refractivity (Wildman–Crippen MR) is 37.3 cm³/mol. The Morgan fingerprint density at radius 2 is 1.08 bits per heavy atom. The third-order valence-electron chi connectivity index (χ3n) is 0.661. The maximum Gasteiger partial charge on any atom is 0.414 e. The van der Waals surface area contributed by atoms with Gasteiger partial charge in [-0.2, -0.15) is 0 Å². The first-order chi connectivity index (χ1) is 5.64. The lowest BCUT2D eigenvalue weighted by atomic mass is 10.7. The molecule has 1 aromatic rings. The molecule has 0 aliphatic heterocycles. The lowest BCUT2D eigenvalue weighted by molar-refractivity contribution is -0.159. The van der Waals surface area contributed by atoms with Crippen LogP contribution in [0.5, 0.6) is 0 Å². The molecule has 0 bridgehead atoms. The molecule has 0 saturated heterocycles. The summed E-state index contributed by atoms with van der Waals surface area (Å²) < 4.78 is 0. The van der Waals surface area contributed by atoms with Gasteiger partial charge in [0.05, 0.1) is 0 Å². The Bertz CT molecular complexity index is 210. The van der Waals surface area contributed by atoms with Gasteiger partial charge in [-0.05, 0) is 0 Å². The highest BCUT2D eigenvalue weighted by molar-refractivity contribution is 6.27. The highest BCUT2D eigenvalue weighted by Crippen LogP contribution is 1.65. The molecule has 0 atom stereocenters. The SMILES string of the molecule is O=C(O)C(=O)O.c1cnccn1. The molecule has 0 unspecified atom stereocenters. The van der Waals surface area contributed by atoms with Crippen LogP contribution >= 0.6 is 0 Å². The van der Waals surface area contributed by atoms with E-state index >= 15 is 0 Å². The summed E-state index contributed by atoms with van der Waals surface area (Å²) in [5.74, 6) is -3.65. The number of rotatable bonds is 0. The molecular weight excluding hydrogens is 164 g/mol. The van der Waals surface area contributed by atoms with Crippen LogP contribution in [0.4, 0.5) is 0 Å².